The lowest BCUT2D eigenvalue weighted by molar-refractivity contribution is 0.0701. The first-order valence-corrected chi connectivity index (χ1v) is 7.26. The van der Waals surface area contributed by atoms with Crippen LogP contribution >= 0.6 is 11.3 Å². The zero-order chi connectivity index (χ0) is 14.0. The van der Waals surface area contributed by atoms with Crippen molar-refractivity contribution in [2.45, 2.75) is 17.7 Å². The van der Waals surface area contributed by atoms with Crippen LogP contribution in [0.25, 0.3) is 0 Å². The van der Waals surface area contributed by atoms with Crippen LogP contribution in [0.1, 0.15) is 21.1 Å². The second kappa shape index (κ2) is 5.03. The normalized spacial score (nSPS) is 11.6. The van der Waals surface area contributed by atoms with Crippen LogP contribution in [0.5, 0.6) is 0 Å². The molecular formula is C8H9N5O4S2. The molecule has 0 aliphatic heterocycles. The first-order chi connectivity index (χ1) is 8.90. The Morgan fingerprint density at radius 1 is 1.58 bits per heavy atom. The number of aromatic nitrogens is 4. The molecule has 0 unspecified atom stereocenters. The highest BCUT2D eigenvalue weighted by Gasteiger charge is 2.21. The van der Waals surface area contributed by atoms with Gasteiger partial charge in [-0.25, -0.2) is 17.9 Å². The van der Waals surface area contributed by atoms with E-state index in [2.05, 4.69) is 25.3 Å². The summed E-state index contributed by atoms with van der Waals surface area (Å²) in [4.78, 5) is 10.9. The predicted octanol–water partition coefficient (Wildman–Crippen LogP) is -0.254. The Morgan fingerprint density at radius 3 is 2.84 bits per heavy atom. The van der Waals surface area contributed by atoms with Gasteiger partial charge in [-0.15, -0.1) is 21.5 Å². The summed E-state index contributed by atoms with van der Waals surface area (Å²) in [5.41, 5.74) is 0.400. The number of nitrogens with zero attached hydrogens (tertiary/aromatic N) is 3. The largest absolute Gasteiger partial charge is 0.477 e. The van der Waals surface area contributed by atoms with Gasteiger partial charge >= 0.3 is 5.97 Å². The van der Waals surface area contributed by atoms with Crippen molar-refractivity contribution in [1.29, 1.82) is 0 Å². The van der Waals surface area contributed by atoms with E-state index in [4.69, 9.17) is 5.11 Å². The summed E-state index contributed by atoms with van der Waals surface area (Å²) in [6, 6.07) is 1.31. The van der Waals surface area contributed by atoms with E-state index in [-0.39, 0.29) is 21.5 Å². The molecule has 2 aromatic heterocycles. The van der Waals surface area contributed by atoms with Crippen LogP contribution in [0.2, 0.25) is 0 Å². The highest BCUT2D eigenvalue weighted by atomic mass is 32.2. The Kier molecular flexibility index (Phi) is 3.59. The van der Waals surface area contributed by atoms with Gasteiger partial charge in [0.15, 0.2) is 5.82 Å². The van der Waals surface area contributed by atoms with Gasteiger partial charge in [0, 0.05) is 0 Å². The van der Waals surface area contributed by atoms with E-state index in [1.54, 1.807) is 0 Å². The van der Waals surface area contributed by atoms with Crippen LogP contribution in [0, 0.1) is 6.92 Å². The highest BCUT2D eigenvalue weighted by Crippen LogP contribution is 2.25. The average Bonchev–Trinajstić information content (AvgIpc) is 2.95. The maximum Gasteiger partial charge on any atom is 0.346 e. The molecule has 0 atom stereocenters. The van der Waals surface area contributed by atoms with Gasteiger partial charge in [0.1, 0.15) is 9.09 Å². The van der Waals surface area contributed by atoms with Crippen molar-refractivity contribution < 1.29 is 18.3 Å². The molecule has 2 rings (SSSR count). The Bertz CT molecular complexity index is 691. The number of carboxylic acid groups (broad SMARTS) is 1. The van der Waals surface area contributed by atoms with Gasteiger partial charge < -0.3 is 5.11 Å². The number of aromatic amines is 1. The topological polar surface area (TPSA) is 138 Å². The summed E-state index contributed by atoms with van der Waals surface area (Å²) in [7, 11) is -3.79. The van der Waals surface area contributed by atoms with Crippen molar-refractivity contribution in [2.75, 3.05) is 0 Å². The van der Waals surface area contributed by atoms with Crippen LogP contribution in [-0.2, 0) is 16.6 Å². The highest BCUT2D eigenvalue weighted by molar-refractivity contribution is 7.91. The molecule has 11 heteroatoms. The summed E-state index contributed by atoms with van der Waals surface area (Å²) >= 11 is 0.697. The molecule has 0 fully saturated rings. The second-order valence-corrected chi connectivity index (χ2v) is 6.58. The summed E-state index contributed by atoms with van der Waals surface area (Å²) in [5.74, 6) is -0.961. The van der Waals surface area contributed by atoms with E-state index >= 15 is 0 Å². The Morgan fingerprint density at radius 2 is 2.32 bits per heavy atom. The Labute approximate surface area is 111 Å². The molecule has 0 aliphatic carbocycles. The number of rotatable bonds is 5. The lowest BCUT2D eigenvalue weighted by Crippen LogP contribution is -2.23. The van der Waals surface area contributed by atoms with Crippen molar-refractivity contribution in [2.24, 2.45) is 0 Å². The van der Waals surface area contributed by atoms with Gasteiger partial charge in [-0.3, -0.25) is 0 Å². The number of H-pyrrole nitrogens is 1. The number of aryl methyl sites for hydroxylation is 1. The number of carboxylic acids is 1. The van der Waals surface area contributed by atoms with Crippen LogP contribution in [0.4, 0.5) is 0 Å². The third-order valence-corrected chi connectivity index (χ3v) is 5.26. The third kappa shape index (κ3) is 2.94. The number of carbonyl (C=O) groups is 1. The molecule has 0 spiro atoms. The first kappa shape index (κ1) is 13.6. The molecule has 0 aromatic carbocycles. The number of thiophene rings is 1. The molecular weight excluding hydrogens is 294 g/mol. The van der Waals surface area contributed by atoms with Crippen LogP contribution in [0.15, 0.2) is 10.3 Å². The number of nitrogens with one attached hydrogen (secondary N) is 2. The summed E-state index contributed by atoms with van der Waals surface area (Å²) in [6.45, 7) is 1.41. The molecule has 2 aromatic rings. The summed E-state index contributed by atoms with van der Waals surface area (Å²) < 4.78 is 26.1. The fourth-order valence-corrected chi connectivity index (χ4v) is 3.69. The number of tetrazole rings is 1. The quantitative estimate of drug-likeness (QED) is 0.692. The average molecular weight is 303 g/mol. The minimum Gasteiger partial charge on any atom is -0.477 e. The van der Waals surface area contributed by atoms with E-state index in [1.165, 1.54) is 13.0 Å². The first-order valence-electron chi connectivity index (χ1n) is 4.96. The predicted molar refractivity (Wildman–Crippen MR) is 64.2 cm³/mol. The minimum atomic E-state index is -3.79. The lowest BCUT2D eigenvalue weighted by atomic mass is 10.3. The van der Waals surface area contributed by atoms with Crippen LogP contribution in [-0.4, -0.2) is 40.1 Å². The SMILES string of the molecule is Cc1cc(S(=O)(=O)NCc2nn[nH]n2)sc1C(=O)O. The summed E-state index contributed by atoms with van der Waals surface area (Å²) in [6.07, 6.45) is 0. The monoisotopic (exact) mass is 303 g/mol. The van der Waals surface area contributed by atoms with Crippen molar-refractivity contribution in [1.82, 2.24) is 25.3 Å². The molecule has 2 heterocycles. The number of hydrogen-bond donors (Lipinski definition) is 3. The molecule has 0 saturated carbocycles. The third-order valence-electron chi connectivity index (χ3n) is 2.16. The fourth-order valence-electron chi connectivity index (χ4n) is 1.29. The van der Waals surface area contributed by atoms with E-state index in [1.807, 2.05) is 0 Å². The van der Waals surface area contributed by atoms with Gasteiger partial charge in [-0.1, -0.05) is 5.21 Å². The number of hydrogen-bond acceptors (Lipinski definition) is 7. The van der Waals surface area contributed by atoms with Gasteiger partial charge in [0.2, 0.25) is 10.0 Å². The molecule has 0 saturated heterocycles. The van der Waals surface area contributed by atoms with E-state index < -0.39 is 16.0 Å². The molecule has 3 N–H and O–H groups in total. The molecule has 19 heavy (non-hydrogen) atoms. The van der Waals surface area contributed by atoms with Crippen LogP contribution < -0.4 is 4.72 Å². The van der Waals surface area contributed by atoms with Crippen molar-refractivity contribution >= 4 is 27.3 Å². The molecule has 0 radical (unpaired) electrons. The zero-order valence-corrected chi connectivity index (χ0v) is 11.2. The summed E-state index contributed by atoms with van der Waals surface area (Å²) in [5, 5.41) is 21.6. The molecule has 0 bridgehead atoms. The molecule has 102 valence electrons. The Balaban J connectivity index is 2.20. The maximum atomic E-state index is 11.9. The van der Waals surface area contributed by atoms with Gasteiger partial charge in [-0.05, 0) is 18.6 Å². The van der Waals surface area contributed by atoms with Gasteiger partial charge in [0.25, 0.3) is 0 Å². The van der Waals surface area contributed by atoms with Crippen molar-refractivity contribution in [3.63, 3.8) is 0 Å². The van der Waals surface area contributed by atoms with Gasteiger partial charge in [0.05, 0.1) is 6.54 Å². The molecule has 9 nitrogen and oxygen atoms in total. The van der Waals surface area contributed by atoms with E-state index in [0.29, 0.717) is 16.9 Å². The molecule has 0 aliphatic rings. The minimum absolute atomic E-state index is 0.0000592. The lowest BCUT2D eigenvalue weighted by Gasteiger charge is -2.00. The van der Waals surface area contributed by atoms with Crippen LogP contribution in [0.3, 0.4) is 0 Å². The van der Waals surface area contributed by atoms with Gasteiger partial charge in [-0.2, -0.15) is 5.21 Å². The molecule has 0 amide bonds. The van der Waals surface area contributed by atoms with E-state index in [0.717, 1.165) is 0 Å². The standard InChI is InChI=1S/C8H9N5O4S2/c1-4-2-6(18-7(4)8(14)15)19(16,17)9-3-5-10-12-13-11-5/h2,9H,3H2,1H3,(H,14,15)(H,10,11,12,13). The Hall–Kier alpha value is -1.85. The fraction of sp³-hybridized carbons (Fsp3) is 0.250. The second-order valence-electron chi connectivity index (χ2n) is 3.54. The van der Waals surface area contributed by atoms with Crippen molar-refractivity contribution in [3.8, 4) is 0 Å². The van der Waals surface area contributed by atoms with E-state index in [9.17, 15) is 13.2 Å². The number of aromatic carboxylic acids is 1. The maximum absolute atomic E-state index is 11.9. The zero-order valence-electron chi connectivity index (χ0n) is 9.61. The smallest absolute Gasteiger partial charge is 0.346 e. The number of sulfonamides is 1. The van der Waals surface area contributed by atoms with Crippen molar-refractivity contribution in [3.05, 3.63) is 22.3 Å².